The first kappa shape index (κ1) is 27.3. The highest BCUT2D eigenvalue weighted by molar-refractivity contribution is 7.80. The fraction of sp³-hybridized carbons (Fsp3) is 0.500. The van der Waals surface area contributed by atoms with Crippen molar-refractivity contribution in [1.29, 1.82) is 0 Å². The molecule has 1 heteroatoms. The Morgan fingerprint density at radius 1 is 0.903 bits per heavy atom. The number of unbranched alkanes of at least 4 members (excludes halogenated alkanes) is 9. The van der Waals surface area contributed by atoms with Crippen molar-refractivity contribution in [2.75, 3.05) is 0 Å². The van der Waals surface area contributed by atoms with Crippen molar-refractivity contribution in [3.8, 4) is 0 Å². The van der Waals surface area contributed by atoms with Crippen LogP contribution in [0.1, 0.15) is 108 Å². The molecule has 0 nitrogen and oxygen atoms in total. The smallest absolute Gasteiger partial charge is 0.0145 e. The molecule has 1 aromatic rings. The summed E-state index contributed by atoms with van der Waals surface area (Å²) in [7, 11) is 0. The normalized spacial score (nSPS) is 11.3. The van der Waals surface area contributed by atoms with Gasteiger partial charge in [0.05, 0.1) is 0 Å². The van der Waals surface area contributed by atoms with Gasteiger partial charge < -0.3 is 0 Å². The maximum Gasteiger partial charge on any atom is 0.0145 e. The Morgan fingerprint density at radius 3 is 2.10 bits per heavy atom. The van der Waals surface area contributed by atoms with Crippen molar-refractivity contribution >= 4 is 24.3 Å². The number of allylic oxidation sites excluding steroid dienone is 5. The lowest BCUT2D eigenvalue weighted by Gasteiger charge is -2.13. The first-order chi connectivity index (χ1) is 15.2. The van der Waals surface area contributed by atoms with E-state index in [0.29, 0.717) is 0 Å². The molecule has 0 saturated heterocycles. The van der Waals surface area contributed by atoms with Crippen LogP contribution in [-0.2, 0) is 6.42 Å². The average Bonchev–Trinajstić information content (AvgIpc) is 2.78. The summed E-state index contributed by atoms with van der Waals surface area (Å²) in [6.07, 6.45) is 27.2. The SMILES string of the molecule is C=C=C(CC)c1cc(C=C)c(S)c(CCCCCCCC/C=C/C=C/CCCCC)c1. The van der Waals surface area contributed by atoms with E-state index in [1.54, 1.807) is 0 Å². The van der Waals surface area contributed by atoms with Crippen molar-refractivity contribution in [2.45, 2.75) is 102 Å². The Morgan fingerprint density at radius 2 is 1.52 bits per heavy atom. The van der Waals surface area contributed by atoms with Crippen LogP contribution in [0.3, 0.4) is 0 Å². The van der Waals surface area contributed by atoms with E-state index >= 15 is 0 Å². The van der Waals surface area contributed by atoms with Crippen LogP contribution in [-0.4, -0.2) is 0 Å². The van der Waals surface area contributed by atoms with Crippen LogP contribution in [0.2, 0.25) is 0 Å². The summed E-state index contributed by atoms with van der Waals surface area (Å²) in [6.45, 7) is 12.2. The van der Waals surface area contributed by atoms with E-state index in [1.165, 1.54) is 87.3 Å². The van der Waals surface area contributed by atoms with Crippen LogP contribution < -0.4 is 0 Å². The third-order valence-corrected chi connectivity index (χ3v) is 6.32. The summed E-state index contributed by atoms with van der Waals surface area (Å²) >= 11 is 4.77. The molecular weight excluding hydrogens is 392 g/mol. The molecule has 1 aromatic carbocycles. The van der Waals surface area contributed by atoms with Crippen LogP contribution in [0.5, 0.6) is 0 Å². The summed E-state index contributed by atoms with van der Waals surface area (Å²) in [5.41, 5.74) is 7.90. The van der Waals surface area contributed by atoms with Crippen molar-refractivity contribution in [3.63, 3.8) is 0 Å². The molecule has 0 aliphatic rings. The van der Waals surface area contributed by atoms with Gasteiger partial charge in [-0.1, -0.05) is 95.9 Å². The summed E-state index contributed by atoms with van der Waals surface area (Å²) in [6, 6.07) is 4.43. The summed E-state index contributed by atoms with van der Waals surface area (Å²) in [5, 5.41) is 0. The van der Waals surface area contributed by atoms with Crippen molar-refractivity contribution in [3.05, 3.63) is 72.0 Å². The van der Waals surface area contributed by atoms with Crippen molar-refractivity contribution in [2.24, 2.45) is 0 Å². The molecule has 0 unspecified atom stereocenters. The van der Waals surface area contributed by atoms with Crippen molar-refractivity contribution < 1.29 is 0 Å². The van der Waals surface area contributed by atoms with E-state index in [-0.39, 0.29) is 0 Å². The molecule has 0 amide bonds. The highest BCUT2D eigenvalue weighted by Gasteiger charge is 2.08. The van der Waals surface area contributed by atoms with Gasteiger partial charge in [-0.15, -0.1) is 18.4 Å². The molecule has 0 aliphatic heterocycles. The predicted octanol–water partition coefficient (Wildman–Crippen LogP) is 10.2. The van der Waals surface area contributed by atoms with Crippen LogP contribution in [0.15, 0.2) is 60.2 Å². The molecule has 0 saturated carbocycles. The molecule has 0 radical (unpaired) electrons. The first-order valence-electron chi connectivity index (χ1n) is 12.4. The van der Waals surface area contributed by atoms with Gasteiger partial charge in [-0.3, -0.25) is 0 Å². The summed E-state index contributed by atoms with van der Waals surface area (Å²) in [5.74, 6) is 0. The quantitative estimate of drug-likeness (QED) is 0.107. The second kappa shape index (κ2) is 17.9. The van der Waals surface area contributed by atoms with E-state index in [0.717, 1.165) is 23.3 Å². The second-order valence-corrected chi connectivity index (χ2v) is 8.75. The maximum atomic E-state index is 4.77. The van der Waals surface area contributed by atoms with E-state index in [1.807, 2.05) is 6.08 Å². The minimum absolute atomic E-state index is 0.940. The van der Waals surface area contributed by atoms with Gasteiger partial charge in [0.15, 0.2) is 0 Å². The lowest BCUT2D eigenvalue weighted by Crippen LogP contribution is -1.95. The molecule has 0 aliphatic carbocycles. The van der Waals surface area contributed by atoms with Crippen LogP contribution in [0.25, 0.3) is 11.6 Å². The molecule has 0 atom stereocenters. The zero-order valence-corrected chi connectivity index (χ0v) is 21.0. The Kier molecular flexibility index (Phi) is 15.8. The number of thiol groups is 1. The monoisotopic (exact) mass is 436 g/mol. The maximum absolute atomic E-state index is 4.77. The van der Waals surface area contributed by atoms with E-state index in [2.05, 4.69) is 69.2 Å². The third kappa shape index (κ3) is 11.5. The topological polar surface area (TPSA) is 0 Å². The molecule has 170 valence electrons. The van der Waals surface area contributed by atoms with Crippen LogP contribution in [0.4, 0.5) is 0 Å². The highest BCUT2D eigenvalue weighted by Crippen LogP contribution is 2.28. The Bertz CT molecular complexity index is 744. The Balaban J connectivity index is 2.26. The predicted molar refractivity (Wildman–Crippen MR) is 145 cm³/mol. The second-order valence-electron chi connectivity index (χ2n) is 8.30. The summed E-state index contributed by atoms with van der Waals surface area (Å²) in [4.78, 5) is 1.07. The zero-order valence-electron chi connectivity index (χ0n) is 20.1. The largest absolute Gasteiger partial charge is 0.143 e. The minimum Gasteiger partial charge on any atom is -0.143 e. The number of hydrogen-bond donors (Lipinski definition) is 1. The van der Waals surface area contributed by atoms with Crippen LogP contribution in [0, 0.1) is 0 Å². The van der Waals surface area contributed by atoms with Gasteiger partial charge in [0.2, 0.25) is 0 Å². The standard InChI is InChI=1S/C30H44S/c1-5-9-10-11-12-13-14-15-16-17-18-19-20-21-22-23-28-25-29(26(6-2)7-3)24-27(8-4)30(28)31/h8,12-15,24-25,31H,2,4-5,7,9-11,16-23H2,1,3H3/b13-12+,15-14+. The zero-order chi connectivity index (χ0) is 22.7. The van der Waals surface area contributed by atoms with E-state index in [9.17, 15) is 0 Å². The molecule has 0 N–H and O–H groups in total. The number of rotatable bonds is 17. The Labute approximate surface area is 198 Å². The van der Waals surface area contributed by atoms with Gasteiger partial charge in [0, 0.05) is 10.5 Å². The average molecular weight is 437 g/mol. The lowest BCUT2D eigenvalue weighted by molar-refractivity contribution is 0.595. The number of benzene rings is 1. The minimum atomic E-state index is 0.940. The molecule has 0 bridgehead atoms. The number of hydrogen-bond acceptors (Lipinski definition) is 1. The third-order valence-electron chi connectivity index (χ3n) is 5.78. The van der Waals surface area contributed by atoms with Crippen LogP contribution >= 0.6 is 12.6 Å². The molecule has 31 heavy (non-hydrogen) atoms. The fourth-order valence-corrected chi connectivity index (χ4v) is 4.15. The lowest BCUT2D eigenvalue weighted by atomic mass is 9.95. The van der Waals surface area contributed by atoms with Gasteiger partial charge in [-0.2, -0.15) is 0 Å². The van der Waals surface area contributed by atoms with Gasteiger partial charge >= 0.3 is 0 Å². The fourth-order valence-electron chi connectivity index (χ4n) is 3.82. The molecule has 0 aromatic heterocycles. The van der Waals surface area contributed by atoms with Gasteiger partial charge in [0.1, 0.15) is 0 Å². The van der Waals surface area contributed by atoms with Crippen molar-refractivity contribution in [1.82, 2.24) is 0 Å². The Hall–Kier alpha value is -1.69. The van der Waals surface area contributed by atoms with Gasteiger partial charge in [-0.05, 0) is 73.8 Å². The molecule has 1 rings (SSSR count). The summed E-state index contributed by atoms with van der Waals surface area (Å²) < 4.78 is 0. The van der Waals surface area contributed by atoms with E-state index < -0.39 is 0 Å². The molecule has 0 heterocycles. The molecule has 0 fully saturated rings. The molecule has 0 spiro atoms. The van der Waals surface area contributed by atoms with E-state index in [4.69, 9.17) is 12.6 Å². The highest BCUT2D eigenvalue weighted by atomic mass is 32.1. The first-order valence-corrected chi connectivity index (χ1v) is 12.8. The van der Waals surface area contributed by atoms with Gasteiger partial charge in [-0.25, -0.2) is 0 Å². The van der Waals surface area contributed by atoms with Gasteiger partial charge in [0.25, 0.3) is 0 Å². The molecular formula is C30H44S. The number of aryl methyl sites for hydroxylation is 1.